The van der Waals surface area contributed by atoms with Gasteiger partial charge in [-0.15, -0.1) is 0 Å². The first-order valence-electron chi connectivity index (χ1n) is 8.21. The fraction of sp³-hybridized carbons (Fsp3) is 0.938. The largest absolute Gasteiger partial charge is 0.357 e. The van der Waals surface area contributed by atoms with Crippen molar-refractivity contribution in [2.24, 2.45) is 11.8 Å². The van der Waals surface area contributed by atoms with Gasteiger partial charge in [0, 0.05) is 18.5 Å². The molecule has 1 saturated heterocycles. The third-order valence-electron chi connectivity index (χ3n) is 5.54. The van der Waals surface area contributed by atoms with E-state index in [-0.39, 0.29) is 0 Å². The van der Waals surface area contributed by atoms with Crippen LogP contribution in [0.5, 0.6) is 0 Å². The Morgan fingerprint density at radius 3 is 2.17 bits per heavy atom. The van der Waals surface area contributed by atoms with E-state index in [9.17, 15) is 0 Å². The highest BCUT2D eigenvalue weighted by Gasteiger charge is 2.36. The lowest BCUT2D eigenvalue weighted by molar-refractivity contribution is 0.260. The number of amidine groups is 1. The lowest BCUT2D eigenvalue weighted by atomic mass is 9.87. The first-order valence-corrected chi connectivity index (χ1v) is 8.21. The molecule has 0 radical (unpaired) electrons. The number of hydrogen-bond donors (Lipinski definition) is 1. The van der Waals surface area contributed by atoms with Crippen LogP contribution >= 0.6 is 0 Å². The lowest BCUT2D eigenvalue weighted by Crippen LogP contribution is -2.42. The summed E-state index contributed by atoms with van der Waals surface area (Å²) in [5.74, 6) is 2.53. The van der Waals surface area contributed by atoms with Crippen molar-refractivity contribution in [2.45, 2.75) is 76.7 Å². The van der Waals surface area contributed by atoms with Crippen LogP contribution in [-0.2, 0) is 0 Å². The van der Waals surface area contributed by atoms with Crippen molar-refractivity contribution in [3.63, 3.8) is 0 Å². The highest BCUT2D eigenvalue weighted by molar-refractivity contribution is 5.82. The monoisotopic (exact) mass is 248 g/mol. The van der Waals surface area contributed by atoms with E-state index >= 15 is 0 Å². The summed E-state index contributed by atoms with van der Waals surface area (Å²) in [4.78, 5) is 2.52. The average Bonchev–Trinajstić information content (AvgIpc) is 3.09. The molecule has 18 heavy (non-hydrogen) atoms. The molecule has 2 nitrogen and oxygen atoms in total. The molecule has 0 spiro atoms. The van der Waals surface area contributed by atoms with E-state index in [1.807, 2.05) is 0 Å². The smallest absolute Gasteiger partial charge is 0.0992 e. The van der Waals surface area contributed by atoms with Crippen LogP contribution in [0.2, 0.25) is 0 Å². The van der Waals surface area contributed by atoms with Crippen LogP contribution < -0.4 is 0 Å². The van der Waals surface area contributed by atoms with E-state index in [4.69, 9.17) is 5.41 Å². The standard InChI is InChI=1S/C16H28N2/c17-16(14-9-2-1-3-10-14)18-12-6-11-15(18)13-7-4-5-8-13/h13-15,17H,1-12H2. The molecule has 0 aromatic heterocycles. The number of nitrogens with one attached hydrogen (secondary N) is 1. The van der Waals surface area contributed by atoms with Crippen molar-refractivity contribution in [3.8, 4) is 0 Å². The Bertz CT molecular complexity index is 287. The molecule has 0 aromatic rings. The van der Waals surface area contributed by atoms with Gasteiger partial charge in [-0.2, -0.15) is 0 Å². The Morgan fingerprint density at radius 1 is 0.778 bits per heavy atom. The average molecular weight is 248 g/mol. The molecule has 0 aromatic carbocycles. The van der Waals surface area contributed by atoms with Crippen LogP contribution in [0.1, 0.15) is 70.6 Å². The van der Waals surface area contributed by atoms with E-state index in [0.717, 1.165) is 17.8 Å². The molecule has 102 valence electrons. The van der Waals surface area contributed by atoms with Gasteiger partial charge < -0.3 is 4.90 Å². The summed E-state index contributed by atoms with van der Waals surface area (Å²) in [5, 5.41) is 8.60. The van der Waals surface area contributed by atoms with Gasteiger partial charge in [-0.1, -0.05) is 32.1 Å². The Hall–Kier alpha value is -0.530. The molecule has 1 N–H and O–H groups in total. The Labute approximate surface area is 112 Å². The van der Waals surface area contributed by atoms with Crippen LogP contribution in [0.15, 0.2) is 0 Å². The molecule has 0 bridgehead atoms. The molecule has 1 unspecified atom stereocenters. The van der Waals surface area contributed by atoms with E-state index in [0.29, 0.717) is 5.92 Å². The second-order valence-electron chi connectivity index (χ2n) is 6.67. The van der Waals surface area contributed by atoms with Gasteiger partial charge in [0.05, 0.1) is 5.84 Å². The summed E-state index contributed by atoms with van der Waals surface area (Å²) in [6, 6.07) is 0.738. The van der Waals surface area contributed by atoms with Gasteiger partial charge in [-0.3, -0.25) is 5.41 Å². The number of nitrogens with zero attached hydrogens (tertiary/aromatic N) is 1. The van der Waals surface area contributed by atoms with E-state index in [1.165, 1.54) is 77.2 Å². The molecule has 3 fully saturated rings. The molecular formula is C16H28N2. The fourth-order valence-electron chi connectivity index (χ4n) is 4.53. The summed E-state index contributed by atoms with van der Waals surface area (Å²) in [7, 11) is 0. The van der Waals surface area contributed by atoms with E-state index < -0.39 is 0 Å². The maximum absolute atomic E-state index is 8.60. The van der Waals surface area contributed by atoms with Crippen LogP contribution in [-0.4, -0.2) is 23.3 Å². The quantitative estimate of drug-likeness (QED) is 0.575. The highest BCUT2D eigenvalue weighted by Crippen LogP contribution is 2.37. The van der Waals surface area contributed by atoms with Gasteiger partial charge in [-0.05, 0) is 44.4 Å². The van der Waals surface area contributed by atoms with Crippen molar-refractivity contribution in [3.05, 3.63) is 0 Å². The predicted octanol–water partition coefficient (Wildman–Crippen LogP) is 4.20. The number of likely N-dealkylation sites (tertiary alicyclic amines) is 1. The first kappa shape index (κ1) is 12.5. The molecule has 1 atom stereocenters. The number of hydrogen-bond acceptors (Lipinski definition) is 1. The molecule has 2 aliphatic carbocycles. The third-order valence-corrected chi connectivity index (χ3v) is 5.54. The summed E-state index contributed by atoms with van der Waals surface area (Å²) in [6.07, 6.45) is 15.1. The minimum Gasteiger partial charge on any atom is -0.357 e. The molecule has 0 amide bonds. The Morgan fingerprint density at radius 2 is 1.44 bits per heavy atom. The minimum atomic E-state index is 0.598. The zero-order valence-electron chi connectivity index (χ0n) is 11.7. The number of rotatable bonds is 2. The van der Waals surface area contributed by atoms with Crippen LogP contribution in [0.3, 0.4) is 0 Å². The third kappa shape index (κ3) is 2.44. The van der Waals surface area contributed by atoms with Crippen molar-refractivity contribution in [1.82, 2.24) is 4.90 Å². The molecule has 3 rings (SSSR count). The van der Waals surface area contributed by atoms with Crippen LogP contribution in [0.4, 0.5) is 0 Å². The Balaban J connectivity index is 1.63. The van der Waals surface area contributed by atoms with Gasteiger partial charge in [-0.25, -0.2) is 0 Å². The normalized spacial score (nSPS) is 31.1. The fourth-order valence-corrected chi connectivity index (χ4v) is 4.53. The van der Waals surface area contributed by atoms with Crippen molar-refractivity contribution < 1.29 is 0 Å². The van der Waals surface area contributed by atoms with E-state index in [2.05, 4.69) is 4.90 Å². The maximum atomic E-state index is 8.60. The second kappa shape index (κ2) is 5.63. The topological polar surface area (TPSA) is 27.1 Å². The minimum absolute atomic E-state index is 0.598. The summed E-state index contributed by atoms with van der Waals surface area (Å²) >= 11 is 0. The van der Waals surface area contributed by atoms with Crippen molar-refractivity contribution >= 4 is 5.84 Å². The zero-order chi connectivity index (χ0) is 12.4. The highest BCUT2D eigenvalue weighted by atomic mass is 15.2. The van der Waals surface area contributed by atoms with E-state index in [1.54, 1.807) is 0 Å². The molecule has 1 heterocycles. The maximum Gasteiger partial charge on any atom is 0.0992 e. The van der Waals surface area contributed by atoms with Crippen molar-refractivity contribution in [1.29, 1.82) is 5.41 Å². The molecular weight excluding hydrogens is 220 g/mol. The van der Waals surface area contributed by atoms with Gasteiger partial charge in [0.2, 0.25) is 0 Å². The van der Waals surface area contributed by atoms with Crippen LogP contribution in [0.25, 0.3) is 0 Å². The SMILES string of the molecule is N=C(C1CCCCC1)N1CCCC1C1CCCC1. The molecule has 2 heteroatoms. The Kier molecular flexibility index (Phi) is 3.91. The molecule has 3 aliphatic rings. The summed E-state index contributed by atoms with van der Waals surface area (Å²) < 4.78 is 0. The first-order chi connectivity index (χ1) is 8.86. The van der Waals surface area contributed by atoms with Gasteiger partial charge in [0.15, 0.2) is 0 Å². The zero-order valence-corrected chi connectivity index (χ0v) is 11.7. The second-order valence-corrected chi connectivity index (χ2v) is 6.67. The predicted molar refractivity (Wildman–Crippen MR) is 76.0 cm³/mol. The summed E-state index contributed by atoms with van der Waals surface area (Å²) in [6.45, 7) is 1.18. The molecule has 2 saturated carbocycles. The summed E-state index contributed by atoms with van der Waals surface area (Å²) in [5.41, 5.74) is 0. The van der Waals surface area contributed by atoms with Gasteiger partial charge in [0.1, 0.15) is 0 Å². The van der Waals surface area contributed by atoms with Gasteiger partial charge in [0.25, 0.3) is 0 Å². The lowest BCUT2D eigenvalue weighted by Gasteiger charge is -2.36. The van der Waals surface area contributed by atoms with Crippen LogP contribution in [0, 0.1) is 17.2 Å². The van der Waals surface area contributed by atoms with Crippen molar-refractivity contribution in [2.75, 3.05) is 6.54 Å². The molecule has 1 aliphatic heterocycles. The van der Waals surface area contributed by atoms with Gasteiger partial charge >= 0.3 is 0 Å².